The lowest BCUT2D eigenvalue weighted by atomic mass is 9.99. The zero-order chi connectivity index (χ0) is 13.2. The fourth-order valence-corrected chi connectivity index (χ4v) is 1.92. The summed E-state index contributed by atoms with van der Waals surface area (Å²) in [6, 6.07) is 0. The fraction of sp³-hybridized carbons (Fsp3) is 0.615. The number of rotatable bonds is 4. The molecule has 0 saturated heterocycles. The first kappa shape index (κ1) is 13.8. The molecule has 0 saturated carbocycles. The topological polar surface area (TPSA) is 68.3 Å². The molecule has 1 amide bonds. The Bertz CT molecular complexity index is 419. The SMILES string of the molecule is Cc1oc(C)c(C(=O)NC(C)(C)CCN)c1C. The van der Waals surface area contributed by atoms with Gasteiger partial charge in [0, 0.05) is 11.1 Å². The van der Waals surface area contributed by atoms with Crippen molar-refractivity contribution in [2.75, 3.05) is 6.54 Å². The van der Waals surface area contributed by atoms with Crippen LogP contribution >= 0.6 is 0 Å². The van der Waals surface area contributed by atoms with E-state index in [9.17, 15) is 4.79 Å². The molecule has 1 heterocycles. The Morgan fingerprint density at radius 3 is 2.29 bits per heavy atom. The van der Waals surface area contributed by atoms with E-state index in [2.05, 4.69) is 5.32 Å². The third kappa shape index (κ3) is 3.09. The van der Waals surface area contributed by atoms with Crippen LogP contribution in [-0.2, 0) is 0 Å². The van der Waals surface area contributed by atoms with Gasteiger partial charge < -0.3 is 15.5 Å². The van der Waals surface area contributed by atoms with E-state index in [0.717, 1.165) is 17.7 Å². The summed E-state index contributed by atoms with van der Waals surface area (Å²) >= 11 is 0. The van der Waals surface area contributed by atoms with Crippen molar-refractivity contribution in [1.29, 1.82) is 0 Å². The Hall–Kier alpha value is -1.29. The predicted molar refractivity (Wildman–Crippen MR) is 68.1 cm³/mol. The third-order valence-electron chi connectivity index (χ3n) is 3.01. The van der Waals surface area contributed by atoms with Crippen molar-refractivity contribution < 1.29 is 9.21 Å². The molecule has 0 aliphatic carbocycles. The molecule has 0 atom stereocenters. The summed E-state index contributed by atoms with van der Waals surface area (Å²) in [6.45, 7) is 10.1. The molecule has 1 rings (SSSR count). The van der Waals surface area contributed by atoms with E-state index in [1.165, 1.54) is 0 Å². The molecule has 1 aromatic rings. The van der Waals surface area contributed by atoms with Gasteiger partial charge in [-0.15, -0.1) is 0 Å². The van der Waals surface area contributed by atoms with E-state index < -0.39 is 0 Å². The lowest BCUT2D eigenvalue weighted by Gasteiger charge is -2.25. The quantitative estimate of drug-likeness (QED) is 0.843. The zero-order valence-electron chi connectivity index (χ0n) is 11.3. The molecule has 0 bridgehead atoms. The van der Waals surface area contributed by atoms with Crippen molar-refractivity contribution in [3.8, 4) is 0 Å². The highest BCUT2D eigenvalue weighted by Gasteiger charge is 2.24. The monoisotopic (exact) mass is 238 g/mol. The average molecular weight is 238 g/mol. The summed E-state index contributed by atoms with van der Waals surface area (Å²) in [5.74, 6) is 1.38. The van der Waals surface area contributed by atoms with Gasteiger partial charge in [0.05, 0.1) is 5.56 Å². The Morgan fingerprint density at radius 1 is 1.29 bits per heavy atom. The fourth-order valence-electron chi connectivity index (χ4n) is 1.92. The molecule has 96 valence electrons. The number of carbonyl (C=O) groups is 1. The predicted octanol–water partition coefficient (Wildman–Crippen LogP) is 2.06. The van der Waals surface area contributed by atoms with Crippen LogP contribution in [0.25, 0.3) is 0 Å². The molecule has 0 aliphatic heterocycles. The van der Waals surface area contributed by atoms with E-state index >= 15 is 0 Å². The van der Waals surface area contributed by atoms with Gasteiger partial charge in [0.1, 0.15) is 11.5 Å². The van der Waals surface area contributed by atoms with Crippen LogP contribution in [0.3, 0.4) is 0 Å². The minimum atomic E-state index is -0.296. The van der Waals surface area contributed by atoms with Gasteiger partial charge in [0.2, 0.25) is 0 Å². The van der Waals surface area contributed by atoms with Crippen molar-refractivity contribution in [3.05, 3.63) is 22.6 Å². The molecule has 0 aliphatic rings. The third-order valence-corrected chi connectivity index (χ3v) is 3.01. The zero-order valence-corrected chi connectivity index (χ0v) is 11.3. The Kier molecular flexibility index (Phi) is 3.98. The molecule has 4 nitrogen and oxygen atoms in total. The first-order chi connectivity index (χ1) is 7.78. The summed E-state index contributed by atoms with van der Waals surface area (Å²) in [5, 5.41) is 2.99. The van der Waals surface area contributed by atoms with E-state index in [0.29, 0.717) is 17.9 Å². The summed E-state index contributed by atoms with van der Waals surface area (Å²) in [4.78, 5) is 12.2. The molecular formula is C13H22N2O2. The van der Waals surface area contributed by atoms with Gasteiger partial charge in [-0.3, -0.25) is 4.79 Å². The number of aryl methyl sites for hydroxylation is 2. The van der Waals surface area contributed by atoms with Crippen LogP contribution in [0, 0.1) is 20.8 Å². The number of hydrogen-bond donors (Lipinski definition) is 2. The van der Waals surface area contributed by atoms with E-state index in [-0.39, 0.29) is 11.4 Å². The minimum absolute atomic E-state index is 0.0877. The van der Waals surface area contributed by atoms with Crippen LogP contribution in [0.2, 0.25) is 0 Å². The maximum absolute atomic E-state index is 12.2. The molecule has 3 N–H and O–H groups in total. The first-order valence-electron chi connectivity index (χ1n) is 5.87. The number of hydrogen-bond acceptors (Lipinski definition) is 3. The van der Waals surface area contributed by atoms with Gasteiger partial charge in [-0.2, -0.15) is 0 Å². The molecule has 0 aromatic carbocycles. The smallest absolute Gasteiger partial charge is 0.255 e. The molecule has 0 radical (unpaired) electrons. The highest BCUT2D eigenvalue weighted by molar-refractivity contribution is 5.97. The molecule has 0 spiro atoms. The largest absolute Gasteiger partial charge is 0.466 e. The van der Waals surface area contributed by atoms with E-state index in [4.69, 9.17) is 10.2 Å². The summed E-state index contributed by atoms with van der Waals surface area (Å²) < 4.78 is 5.46. The second-order valence-corrected chi connectivity index (χ2v) is 5.09. The van der Waals surface area contributed by atoms with Crippen LogP contribution in [0.4, 0.5) is 0 Å². The van der Waals surface area contributed by atoms with Gasteiger partial charge >= 0.3 is 0 Å². The molecule has 0 unspecified atom stereocenters. The maximum atomic E-state index is 12.2. The van der Waals surface area contributed by atoms with Gasteiger partial charge in [0.25, 0.3) is 5.91 Å². The standard InChI is InChI=1S/C13H22N2O2/c1-8-9(2)17-10(3)11(8)12(16)15-13(4,5)6-7-14/h6-7,14H2,1-5H3,(H,15,16). The van der Waals surface area contributed by atoms with Crippen molar-refractivity contribution in [2.24, 2.45) is 5.73 Å². The van der Waals surface area contributed by atoms with Crippen LogP contribution in [0.5, 0.6) is 0 Å². The molecule has 17 heavy (non-hydrogen) atoms. The molecule has 4 heteroatoms. The molecule has 0 fully saturated rings. The van der Waals surface area contributed by atoms with Gasteiger partial charge in [-0.1, -0.05) is 0 Å². The number of nitrogens with one attached hydrogen (secondary N) is 1. The van der Waals surface area contributed by atoms with Gasteiger partial charge in [-0.25, -0.2) is 0 Å². The Balaban J connectivity index is 2.91. The Morgan fingerprint density at radius 2 is 1.88 bits per heavy atom. The second-order valence-electron chi connectivity index (χ2n) is 5.09. The highest BCUT2D eigenvalue weighted by atomic mass is 16.3. The van der Waals surface area contributed by atoms with Crippen molar-refractivity contribution in [2.45, 2.75) is 46.6 Å². The normalized spacial score (nSPS) is 11.6. The lowest BCUT2D eigenvalue weighted by molar-refractivity contribution is 0.0908. The number of furan rings is 1. The minimum Gasteiger partial charge on any atom is -0.466 e. The van der Waals surface area contributed by atoms with Crippen LogP contribution in [0.15, 0.2) is 4.42 Å². The number of carbonyl (C=O) groups excluding carboxylic acids is 1. The molecule has 1 aromatic heterocycles. The highest BCUT2D eigenvalue weighted by Crippen LogP contribution is 2.21. The van der Waals surface area contributed by atoms with Gasteiger partial charge in [-0.05, 0) is 47.6 Å². The van der Waals surface area contributed by atoms with Gasteiger partial charge in [0.15, 0.2) is 0 Å². The number of nitrogens with two attached hydrogens (primary N) is 1. The van der Waals surface area contributed by atoms with Crippen molar-refractivity contribution >= 4 is 5.91 Å². The van der Waals surface area contributed by atoms with Crippen molar-refractivity contribution in [1.82, 2.24) is 5.32 Å². The maximum Gasteiger partial charge on any atom is 0.255 e. The first-order valence-corrected chi connectivity index (χ1v) is 5.87. The second kappa shape index (κ2) is 4.92. The summed E-state index contributed by atoms with van der Waals surface area (Å²) in [5.41, 5.74) is 6.78. The van der Waals surface area contributed by atoms with E-state index in [1.54, 1.807) is 0 Å². The van der Waals surface area contributed by atoms with E-state index in [1.807, 2.05) is 34.6 Å². The number of amides is 1. The summed E-state index contributed by atoms with van der Waals surface area (Å²) in [6.07, 6.45) is 0.744. The average Bonchev–Trinajstić information content (AvgIpc) is 2.39. The Labute approximate surface area is 103 Å². The van der Waals surface area contributed by atoms with Crippen LogP contribution in [0.1, 0.15) is 47.7 Å². The molecular weight excluding hydrogens is 216 g/mol. The summed E-state index contributed by atoms with van der Waals surface area (Å²) in [7, 11) is 0. The van der Waals surface area contributed by atoms with Crippen molar-refractivity contribution in [3.63, 3.8) is 0 Å². The van der Waals surface area contributed by atoms with Crippen LogP contribution in [-0.4, -0.2) is 18.0 Å². The lowest BCUT2D eigenvalue weighted by Crippen LogP contribution is -2.45. The van der Waals surface area contributed by atoms with Crippen LogP contribution < -0.4 is 11.1 Å².